The molecule has 0 aliphatic carbocycles. The summed E-state index contributed by atoms with van der Waals surface area (Å²) < 4.78 is 26.0. The molecule has 1 aromatic heterocycles. The van der Waals surface area contributed by atoms with Crippen molar-refractivity contribution in [1.29, 1.82) is 0 Å². The van der Waals surface area contributed by atoms with Gasteiger partial charge in [-0.05, 0) is 0 Å². The summed E-state index contributed by atoms with van der Waals surface area (Å²) in [6.45, 7) is 3.98. The van der Waals surface area contributed by atoms with Gasteiger partial charge in [0.05, 0.1) is 6.20 Å². The van der Waals surface area contributed by atoms with Crippen molar-refractivity contribution in [3.63, 3.8) is 0 Å². The van der Waals surface area contributed by atoms with Crippen LogP contribution in [0.4, 0.5) is 8.78 Å². The van der Waals surface area contributed by atoms with Gasteiger partial charge < -0.3 is 5.32 Å². The van der Waals surface area contributed by atoms with Crippen LogP contribution in [0.2, 0.25) is 0 Å². The minimum atomic E-state index is -0.624. The first kappa shape index (κ1) is 10.4. The molecule has 1 aromatic rings. The van der Waals surface area contributed by atoms with E-state index >= 15 is 0 Å². The molecule has 0 radical (unpaired) electrons. The van der Waals surface area contributed by atoms with E-state index in [-0.39, 0.29) is 0 Å². The van der Waals surface area contributed by atoms with Gasteiger partial charge in [-0.2, -0.15) is 4.39 Å². The molecule has 0 bridgehead atoms. The van der Waals surface area contributed by atoms with Crippen LogP contribution in [-0.4, -0.2) is 36.1 Å². The lowest BCUT2D eigenvalue weighted by Gasteiger charge is -2.27. The first-order chi connectivity index (χ1) is 7.25. The second-order valence-corrected chi connectivity index (χ2v) is 3.62. The number of piperazine rings is 1. The Morgan fingerprint density at radius 2 is 2.07 bits per heavy atom. The van der Waals surface area contributed by atoms with E-state index in [2.05, 4.69) is 15.2 Å². The second kappa shape index (κ2) is 4.63. The Labute approximate surface area is 87.1 Å². The van der Waals surface area contributed by atoms with Crippen LogP contribution in [-0.2, 0) is 6.54 Å². The summed E-state index contributed by atoms with van der Waals surface area (Å²) in [5.74, 6) is -1.06. The first-order valence-electron chi connectivity index (χ1n) is 4.99. The molecule has 1 aliphatic heterocycles. The molecule has 1 aliphatic rings. The molecule has 2 heterocycles. The van der Waals surface area contributed by atoms with Gasteiger partial charge in [0, 0.05) is 44.4 Å². The predicted octanol–water partition coefficient (Wildman–Crippen LogP) is 0.765. The third-order valence-electron chi connectivity index (χ3n) is 2.50. The van der Waals surface area contributed by atoms with Crippen LogP contribution >= 0.6 is 0 Å². The van der Waals surface area contributed by atoms with E-state index in [0.717, 1.165) is 38.4 Å². The van der Waals surface area contributed by atoms with E-state index in [1.807, 2.05) is 0 Å². The number of hydrogen-bond donors (Lipinski definition) is 1. The van der Waals surface area contributed by atoms with Crippen LogP contribution in [0.3, 0.4) is 0 Å². The average Bonchev–Trinajstić information content (AvgIpc) is 2.25. The molecule has 5 heteroatoms. The standard InChI is InChI=1S/C10H13F2N3/c11-9-6-14-10(12)5-8(9)7-15-3-1-13-2-4-15/h5-6,13H,1-4,7H2. The van der Waals surface area contributed by atoms with E-state index in [1.165, 1.54) is 0 Å². The van der Waals surface area contributed by atoms with Gasteiger partial charge in [0.1, 0.15) is 5.82 Å². The van der Waals surface area contributed by atoms with Crippen molar-refractivity contribution in [2.45, 2.75) is 6.54 Å². The van der Waals surface area contributed by atoms with Crippen LogP contribution < -0.4 is 5.32 Å². The molecule has 0 spiro atoms. The Morgan fingerprint density at radius 3 is 2.80 bits per heavy atom. The summed E-state index contributed by atoms with van der Waals surface area (Å²) in [7, 11) is 0. The number of halogens is 2. The lowest BCUT2D eigenvalue weighted by Crippen LogP contribution is -2.43. The fourth-order valence-corrected chi connectivity index (χ4v) is 1.68. The van der Waals surface area contributed by atoms with Gasteiger partial charge in [0.15, 0.2) is 0 Å². The SMILES string of the molecule is Fc1cc(CN2CCNCC2)c(F)cn1. The Balaban J connectivity index is 2.05. The van der Waals surface area contributed by atoms with Crippen LogP contribution in [0.15, 0.2) is 12.3 Å². The van der Waals surface area contributed by atoms with Crippen molar-refractivity contribution >= 4 is 0 Å². The highest BCUT2D eigenvalue weighted by atomic mass is 19.1. The number of nitrogens with one attached hydrogen (secondary N) is 1. The van der Waals surface area contributed by atoms with Crippen LogP contribution in [0.25, 0.3) is 0 Å². The van der Waals surface area contributed by atoms with Gasteiger partial charge in [-0.25, -0.2) is 9.37 Å². The lowest BCUT2D eigenvalue weighted by molar-refractivity contribution is 0.230. The molecule has 15 heavy (non-hydrogen) atoms. The zero-order valence-corrected chi connectivity index (χ0v) is 8.34. The Bertz CT molecular complexity index is 337. The smallest absolute Gasteiger partial charge is 0.213 e. The summed E-state index contributed by atoms with van der Waals surface area (Å²) >= 11 is 0. The van der Waals surface area contributed by atoms with Crippen LogP contribution in [0, 0.1) is 11.8 Å². The zero-order chi connectivity index (χ0) is 10.7. The summed E-state index contributed by atoms with van der Waals surface area (Å²) in [5, 5.41) is 3.20. The number of pyridine rings is 1. The van der Waals surface area contributed by atoms with E-state index in [9.17, 15) is 8.78 Å². The fourth-order valence-electron chi connectivity index (χ4n) is 1.68. The number of rotatable bonds is 2. The summed E-state index contributed by atoms with van der Waals surface area (Å²) in [4.78, 5) is 5.35. The minimum absolute atomic E-state index is 0.379. The molecular formula is C10H13F2N3. The minimum Gasteiger partial charge on any atom is -0.314 e. The average molecular weight is 213 g/mol. The summed E-state index contributed by atoms with van der Waals surface area (Å²) in [5.41, 5.74) is 0.379. The summed E-state index contributed by atoms with van der Waals surface area (Å²) in [6, 6.07) is 1.16. The number of aromatic nitrogens is 1. The predicted molar refractivity (Wildman–Crippen MR) is 52.3 cm³/mol. The van der Waals surface area contributed by atoms with Gasteiger partial charge in [-0.1, -0.05) is 0 Å². The number of nitrogens with zero attached hydrogens (tertiary/aromatic N) is 2. The van der Waals surface area contributed by atoms with Gasteiger partial charge in [0.2, 0.25) is 5.95 Å². The number of hydrogen-bond acceptors (Lipinski definition) is 3. The van der Waals surface area contributed by atoms with Crippen LogP contribution in [0.1, 0.15) is 5.56 Å². The third-order valence-corrected chi connectivity index (χ3v) is 2.50. The quantitative estimate of drug-likeness (QED) is 0.735. The molecular weight excluding hydrogens is 200 g/mol. The van der Waals surface area contributed by atoms with Crippen molar-refractivity contribution in [3.05, 3.63) is 29.6 Å². The first-order valence-corrected chi connectivity index (χ1v) is 4.99. The molecule has 0 unspecified atom stereocenters. The van der Waals surface area contributed by atoms with Gasteiger partial charge in [-0.15, -0.1) is 0 Å². The highest BCUT2D eigenvalue weighted by Crippen LogP contribution is 2.10. The highest BCUT2D eigenvalue weighted by molar-refractivity contribution is 5.13. The van der Waals surface area contributed by atoms with Crippen molar-refractivity contribution in [2.75, 3.05) is 26.2 Å². The zero-order valence-electron chi connectivity index (χ0n) is 8.34. The van der Waals surface area contributed by atoms with Crippen molar-refractivity contribution < 1.29 is 8.78 Å². The topological polar surface area (TPSA) is 28.2 Å². The molecule has 1 fully saturated rings. The molecule has 82 valence electrons. The van der Waals surface area contributed by atoms with Gasteiger partial charge >= 0.3 is 0 Å². The van der Waals surface area contributed by atoms with Crippen molar-refractivity contribution in [2.24, 2.45) is 0 Å². The Morgan fingerprint density at radius 1 is 1.33 bits per heavy atom. The Kier molecular flexibility index (Phi) is 3.23. The maximum absolute atomic E-state index is 13.3. The van der Waals surface area contributed by atoms with E-state index in [1.54, 1.807) is 0 Å². The molecule has 2 rings (SSSR count). The normalized spacial score (nSPS) is 18.0. The molecule has 0 aromatic carbocycles. The monoisotopic (exact) mass is 213 g/mol. The molecule has 0 atom stereocenters. The van der Waals surface area contributed by atoms with Crippen molar-refractivity contribution in [3.8, 4) is 0 Å². The molecule has 1 saturated heterocycles. The molecule has 1 N–H and O–H groups in total. The second-order valence-electron chi connectivity index (χ2n) is 3.62. The van der Waals surface area contributed by atoms with Gasteiger partial charge in [-0.3, -0.25) is 4.90 Å². The van der Waals surface area contributed by atoms with E-state index < -0.39 is 11.8 Å². The fraction of sp³-hybridized carbons (Fsp3) is 0.500. The third kappa shape index (κ3) is 2.70. The van der Waals surface area contributed by atoms with Gasteiger partial charge in [0.25, 0.3) is 0 Å². The van der Waals surface area contributed by atoms with E-state index in [0.29, 0.717) is 12.1 Å². The van der Waals surface area contributed by atoms with Crippen LogP contribution in [0.5, 0.6) is 0 Å². The largest absolute Gasteiger partial charge is 0.314 e. The Hall–Kier alpha value is -1.07. The highest BCUT2D eigenvalue weighted by Gasteiger charge is 2.13. The molecule has 3 nitrogen and oxygen atoms in total. The molecule has 0 saturated carbocycles. The van der Waals surface area contributed by atoms with E-state index in [4.69, 9.17) is 0 Å². The maximum Gasteiger partial charge on any atom is 0.213 e. The maximum atomic E-state index is 13.3. The molecule has 0 amide bonds. The van der Waals surface area contributed by atoms with Crippen molar-refractivity contribution in [1.82, 2.24) is 15.2 Å². The summed E-state index contributed by atoms with van der Waals surface area (Å²) in [6.07, 6.45) is 0.937. The lowest BCUT2D eigenvalue weighted by atomic mass is 10.2.